The van der Waals surface area contributed by atoms with Crippen LogP contribution in [0.1, 0.15) is 43.4 Å². The highest BCUT2D eigenvalue weighted by molar-refractivity contribution is 5.74. The van der Waals surface area contributed by atoms with E-state index < -0.39 is 0 Å². The van der Waals surface area contributed by atoms with Crippen LogP contribution in [0.25, 0.3) is 0 Å². The minimum Gasteiger partial charge on any atom is -0.396 e. The van der Waals surface area contributed by atoms with Crippen LogP contribution in [0.15, 0.2) is 18.3 Å². The van der Waals surface area contributed by atoms with Gasteiger partial charge in [0.1, 0.15) is 0 Å². The van der Waals surface area contributed by atoms with E-state index in [0.717, 1.165) is 43.4 Å². The molecule has 5 heteroatoms. The molecule has 0 aliphatic heterocycles. The van der Waals surface area contributed by atoms with Gasteiger partial charge in [-0.15, -0.1) is 0 Å². The van der Waals surface area contributed by atoms with Crippen molar-refractivity contribution in [2.45, 2.75) is 51.5 Å². The van der Waals surface area contributed by atoms with E-state index in [1.54, 1.807) is 0 Å². The third-order valence-corrected chi connectivity index (χ3v) is 4.38. The van der Waals surface area contributed by atoms with E-state index in [1.165, 1.54) is 6.42 Å². The molecule has 22 heavy (non-hydrogen) atoms. The number of nitrogens with one attached hydrogen (secondary N) is 2. The Labute approximate surface area is 132 Å². The van der Waals surface area contributed by atoms with E-state index in [-0.39, 0.29) is 24.6 Å². The van der Waals surface area contributed by atoms with Gasteiger partial charge in [-0.3, -0.25) is 4.98 Å². The maximum atomic E-state index is 12.0. The molecule has 0 saturated heterocycles. The number of carbonyl (C=O) groups is 1. The van der Waals surface area contributed by atoms with Gasteiger partial charge in [-0.05, 0) is 37.8 Å². The maximum Gasteiger partial charge on any atom is 0.315 e. The van der Waals surface area contributed by atoms with Crippen LogP contribution in [0.3, 0.4) is 0 Å². The predicted molar refractivity (Wildman–Crippen MR) is 86.7 cm³/mol. The summed E-state index contributed by atoms with van der Waals surface area (Å²) in [6.07, 6.45) is 8.03. The topological polar surface area (TPSA) is 74.2 Å². The second-order valence-corrected chi connectivity index (χ2v) is 6.15. The fraction of sp³-hybridized carbons (Fsp3) is 0.647. The van der Waals surface area contributed by atoms with Gasteiger partial charge in [0.15, 0.2) is 0 Å². The van der Waals surface area contributed by atoms with Crippen molar-refractivity contribution >= 4 is 6.03 Å². The minimum absolute atomic E-state index is 0.0912. The lowest BCUT2D eigenvalue weighted by atomic mass is 9.96. The van der Waals surface area contributed by atoms with E-state index in [1.807, 2.05) is 25.3 Å². The molecular formula is C17H27N3O2. The third-order valence-electron chi connectivity index (χ3n) is 4.38. The van der Waals surface area contributed by atoms with Crippen LogP contribution in [0.5, 0.6) is 0 Å². The zero-order valence-corrected chi connectivity index (χ0v) is 13.3. The van der Waals surface area contributed by atoms with Gasteiger partial charge in [0.05, 0.1) is 0 Å². The van der Waals surface area contributed by atoms with Crippen molar-refractivity contribution in [3.8, 4) is 0 Å². The summed E-state index contributed by atoms with van der Waals surface area (Å²) in [6.45, 7) is 2.70. The number of carbonyl (C=O) groups excluding carboxylic acids is 1. The molecule has 1 heterocycles. The van der Waals surface area contributed by atoms with Crippen LogP contribution >= 0.6 is 0 Å². The van der Waals surface area contributed by atoms with Gasteiger partial charge in [0.25, 0.3) is 0 Å². The SMILES string of the molecule is Cc1ccc(CCNC(=O)NC2CCCCCC2CO)cn1. The van der Waals surface area contributed by atoms with Crippen LogP contribution in [0.2, 0.25) is 0 Å². The quantitative estimate of drug-likeness (QED) is 0.730. The number of aromatic nitrogens is 1. The number of nitrogens with zero attached hydrogens (tertiary/aromatic N) is 1. The first-order valence-electron chi connectivity index (χ1n) is 8.26. The van der Waals surface area contributed by atoms with Crippen LogP contribution in [0, 0.1) is 12.8 Å². The molecular weight excluding hydrogens is 278 g/mol. The van der Waals surface area contributed by atoms with Crippen LogP contribution < -0.4 is 10.6 Å². The smallest absolute Gasteiger partial charge is 0.315 e. The lowest BCUT2D eigenvalue weighted by Gasteiger charge is -2.24. The number of aliphatic hydroxyl groups is 1. The molecule has 2 amide bonds. The van der Waals surface area contributed by atoms with Crippen molar-refractivity contribution < 1.29 is 9.90 Å². The molecule has 1 saturated carbocycles. The molecule has 0 spiro atoms. The summed E-state index contributed by atoms with van der Waals surface area (Å²) in [6, 6.07) is 3.97. The number of aryl methyl sites for hydroxylation is 1. The monoisotopic (exact) mass is 305 g/mol. The lowest BCUT2D eigenvalue weighted by Crippen LogP contribution is -2.46. The molecule has 0 bridgehead atoms. The molecule has 1 aliphatic carbocycles. The van der Waals surface area contributed by atoms with E-state index in [4.69, 9.17) is 0 Å². The number of urea groups is 1. The highest BCUT2D eigenvalue weighted by Crippen LogP contribution is 2.23. The van der Waals surface area contributed by atoms with Crippen molar-refractivity contribution in [2.75, 3.05) is 13.2 Å². The highest BCUT2D eigenvalue weighted by atomic mass is 16.3. The molecule has 2 rings (SSSR count). The van der Waals surface area contributed by atoms with Crippen molar-refractivity contribution in [1.29, 1.82) is 0 Å². The Bertz CT molecular complexity index is 461. The Morgan fingerprint density at radius 2 is 2.14 bits per heavy atom. The summed E-state index contributed by atoms with van der Waals surface area (Å²) >= 11 is 0. The molecule has 2 atom stereocenters. The van der Waals surface area contributed by atoms with E-state index >= 15 is 0 Å². The fourth-order valence-electron chi connectivity index (χ4n) is 2.98. The summed E-state index contributed by atoms with van der Waals surface area (Å²) in [4.78, 5) is 16.3. The normalized spacial score (nSPS) is 21.9. The Balaban J connectivity index is 1.73. The van der Waals surface area contributed by atoms with Gasteiger partial charge in [0, 0.05) is 37.0 Å². The molecule has 122 valence electrons. The van der Waals surface area contributed by atoms with Crippen molar-refractivity contribution in [3.63, 3.8) is 0 Å². The molecule has 1 aromatic rings. The third kappa shape index (κ3) is 5.30. The number of aliphatic hydroxyl groups excluding tert-OH is 1. The maximum absolute atomic E-state index is 12.0. The van der Waals surface area contributed by atoms with E-state index in [2.05, 4.69) is 15.6 Å². The number of hydrogen-bond donors (Lipinski definition) is 3. The standard InChI is InChI=1S/C17H27N3O2/c1-13-7-8-14(11-19-13)9-10-18-17(22)20-16-6-4-2-3-5-15(16)12-21/h7-8,11,15-16,21H,2-6,9-10,12H2,1H3,(H2,18,20,22). The Morgan fingerprint density at radius 3 is 2.86 bits per heavy atom. The number of hydrogen-bond acceptors (Lipinski definition) is 3. The second-order valence-electron chi connectivity index (χ2n) is 6.15. The molecule has 0 aromatic carbocycles. The molecule has 3 N–H and O–H groups in total. The zero-order valence-electron chi connectivity index (χ0n) is 13.3. The summed E-state index contributed by atoms with van der Waals surface area (Å²) in [5, 5.41) is 15.4. The number of amides is 2. The molecule has 2 unspecified atom stereocenters. The van der Waals surface area contributed by atoms with Gasteiger partial charge >= 0.3 is 6.03 Å². The van der Waals surface area contributed by atoms with E-state index in [9.17, 15) is 9.90 Å². The van der Waals surface area contributed by atoms with Crippen LogP contribution in [-0.4, -0.2) is 35.3 Å². The van der Waals surface area contributed by atoms with Crippen molar-refractivity contribution in [2.24, 2.45) is 5.92 Å². The molecule has 1 aromatic heterocycles. The Morgan fingerprint density at radius 1 is 1.32 bits per heavy atom. The summed E-state index contributed by atoms with van der Waals surface area (Å²) < 4.78 is 0. The largest absolute Gasteiger partial charge is 0.396 e. The zero-order chi connectivity index (χ0) is 15.8. The molecule has 1 aliphatic rings. The number of pyridine rings is 1. The Kier molecular flexibility index (Phi) is 6.65. The van der Waals surface area contributed by atoms with Crippen molar-refractivity contribution in [3.05, 3.63) is 29.6 Å². The fourth-order valence-corrected chi connectivity index (χ4v) is 2.98. The van der Waals surface area contributed by atoms with E-state index in [0.29, 0.717) is 6.54 Å². The molecule has 0 radical (unpaired) electrons. The molecule has 5 nitrogen and oxygen atoms in total. The number of rotatable bonds is 5. The van der Waals surface area contributed by atoms with Crippen LogP contribution in [0.4, 0.5) is 4.79 Å². The highest BCUT2D eigenvalue weighted by Gasteiger charge is 2.24. The first kappa shape index (κ1) is 16.7. The summed E-state index contributed by atoms with van der Waals surface area (Å²) in [5.74, 6) is 0.189. The van der Waals surface area contributed by atoms with Gasteiger partial charge in [-0.25, -0.2) is 4.79 Å². The first-order chi connectivity index (χ1) is 10.7. The summed E-state index contributed by atoms with van der Waals surface area (Å²) in [5.41, 5.74) is 2.12. The van der Waals surface area contributed by atoms with Crippen LogP contribution in [-0.2, 0) is 6.42 Å². The second kappa shape index (κ2) is 8.73. The van der Waals surface area contributed by atoms with Crippen molar-refractivity contribution in [1.82, 2.24) is 15.6 Å². The first-order valence-corrected chi connectivity index (χ1v) is 8.26. The predicted octanol–water partition coefficient (Wildman–Crippen LogP) is 2.17. The van der Waals surface area contributed by atoms with Gasteiger partial charge in [0.2, 0.25) is 0 Å². The average Bonchev–Trinajstić information content (AvgIpc) is 2.74. The lowest BCUT2D eigenvalue weighted by molar-refractivity contribution is 0.179. The summed E-state index contributed by atoms with van der Waals surface area (Å²) in [7, 11) is 0. The Hall–Kier alpha value is -1.62. The molecule has 1 fully saturated rings. The minimum atomic E-state index is -0.134. The van der Waals surface area contributed by atoms with Gasteiger partial charge < -0.3 is 15.7 Å². The average molecular weight is 305 g/mol. The van der Waals surface area contributed by atoms with Gasteiger partial charge in [-0.2, -0.15) is 0 Å². The van der Waals surface area contributed by atoms with Gasteiger partial charge in [-0.1, -0.05) is 25.3 Å².